The van der Waals surface area contributed by atoms with Crippen molar-refractivity contribution in [3.05, 3.63) is 23.8 Å². The molecule has 1 heterocycles. The Morgan fingerprint density at radius 1 is 1.59 bits per heavy atom. The number of fused-ring (bicyclic) bond motifs is 1. The van der Waals surface area contributed by atoms with E-state index in [0.29, 0.717) is 13.0 Å². The molecule has 1 aromatic carbocycles. The topological polar surface area (TPSA) is 55.8 Å². The summed E-state index contributed by atoms with van der Waals surface area (Å²) in [5, 5.41) is 8.93. The average molecular weight is 236 g/mol. The van der Waals surface area contributed by atoms with E-state index in [2.05, 4.69) is 0 Å². The van der Waals surface area contributed by atoms with Crippen molar-refractivity contribution in [3.63, 3.8) is 0 Å². The minimum Gasteiger partial charge on any atom is -0.493 e. The Hall–Kier alpha value is -1.71. The van der Waals surface area contributed by atoms with Gasteiger partial charge in [-0.2, -0.15) is 0 Å². The van der Waals surface area contributed by atoms with Crippen molar-refractivity contribution in [3.8, 4) is 11.5 Å². The summed E-state index contributed by atoms with van der Waals surface area (Å²) in [4.78, 5) is 10.9. The van der Waals surface area contributed by atoms with Crippen LogP contribution in [0, 0.1) is 5.92 Å². The summed E-state index contributed by atoms with van der Waals surface area (Å²) in [6.07, 6.45) is 1.48. The molecule has 0 saturated heterocycles. The molecule has 1 aliphatic heterocycles. The van der Waals surface area contributed by atoms with Crippen LogP contribution in [-0.2, 0) is 11.2 Å². The van der Waals surface area contributed by atoms with Crippen molar-refractivity contribution < 1.29 is 19.4 Å². The first kappa shape index (κ1) is 11.8. The lowest BCUT2D eigenvalue weighted by Gasteiger charge is -2.22. The molecular formula is C13H16O4. The molecule has 0 aliphatic carbocycles. The zero-order valence-electron chi connectivity index (χ0n) is 9.81. The first-order valence-corrected chi connectivity index (χ1v) is 5.82. The van der Waals surface area contributed by atoms with Gasteiger partial charge in [0.1, 0.15) is 18.1 Å². The second-order valence-electron chi connectivity index (χ2n) is 4.17. The second-order valence-corrected chi connectivity index (χ2v) is 4.17. The summed E-state index contributed by atoms with van der Waals surface area (Å²) in [6.45, 7) is 2.96. The predicted molar refractivity (Wildman–Crippen MR) is 62.6 cm³/mol. The standard InChI is InChI=1S/C13H16O4/c1-2-5-16-11-4-3-9-6-10(13(14)15)8-17-12(9)7-11/h3-4,7,10H,2,5-6,8H2,1H3,(H,14,15). The highest BCUT2D eigenvalue weighted by molar-refractivity contribution is 5.71. The van der Waals surface area contributed by atoms with E-state index in [-0.39, 0.29) is 6.61 Å². The number of rotatable bonds is 4. The molecule has 92 valence electrons. The lowest BCUT2D eigenvalue weighted by molar-refractivity contribution is -0.143. The van der Waals surface area contributed by atoms with Gasteiger partial charge < -0.3 is 14.6 Å². The number of hydrogen-bond acceptors (Lipinski definition) is 3. The van der Waals surface area contributed by atoms with E-state index >= 15 is 0 Å². The van der Waals surface area contributed by atoms with Gasteiger partial charge in [-0.25, -0.2) is 0 Å². The summed E-state index contributed by atoms with van der Waals surface area (Å²) >= 11 is 0. The summed E-state index contributed by atoms with van der Waals surface area (Å²) < 4.78 is 11.0. The molecule has 1 N–H and O–H groups in total. The molecule has 0 amide bonds. The van der Waals surface area contributed by atoms with Crippen molar-refractivity contribution in [2.45, 2.75) is 19.8 Å². The molecule has 0 saturated carbocycles. The van der Waals surface area contributed by atoms with Crippen LogP contribution in [0.4, 0.5) is 0 Å². The van der Waals surface area contributed by atoms with Gasteiger partial charge >= 0.3 is 5.97 Å². The number of carboxylic acids is 1. The molecule has 0 radical (unpaired) electrons. The van der Waals surface area contributed by atoms with Crippen molar-refractivity contribution in [1.82, 2.24) is 0 Å². The highest BCUT2D eigenvalue weighted by Gasteiger charge is 2.25. The number of aliphatic carboxylic acids is 1. The molecule has 4 heteroatoms. The maximum atomic E-state index is 10.9. The fourth-order valence-corrected chi connectivity index (χ4v) is 1.82. The highest BCUT2D eigenvalue weighted by atomic mass is 16.5. The van der Waals surface area contributed by atoms with Crippen LogP contribution in [0.5, 0.6) is 11.5 Å². The Labute approximate surface area is 100 Å². The first-order valence-electron chi connectivity index (χ1n) is 5.82. The third kappa shape index (κ3) is 2.70. The van der Waals surface area contributed by atoms with Crippen LogP contribution in [0.15, 0.2) is 18.2 Å². The maximum absolute atomic E-state index is 10.9. The average Bonchev–Trinajstić information content (AvgIpc) is 2.35. The van der Waals surface area contributed by atoms with E-state index in [1.54, 1.807) is 0 Å². The third-order valence-corrected chi connectivity index (χ3v) is 2.77. The number of carboxylic acid groups (broad SMARTS) is 1. The lowest BCUT2D eigenvalue weighted by atomic mass is 9.97. The molecular weight excluding hydrogens is 220 g/mol. The van der Waals surface area contributed by atoms with Crippen LogP contribution < -0.4 is 9.47 Å². The van der Waals surface area contributed by atoms with E-state index in [0.717, 1.165) is 23.5 Å². The van der Waals surface area contributed by atoms with Gasteiger partial charge in [-0.1, -0.05) is 13.0 Å². The van der Waals surface area contributed by atoms with Crippen LogP contribution >= 0.6 is 0 Å². The first-order chi connectivity index (χ1) is 8.20. The van der Waals surface area contributed by atoms with Crippen LogP contribution in [0.2, 0.25) is 0 Å². The Morgan fingerprint density at radius 2 is 2.41 bits per heavy atom. The van der Waals surface area contributed by atoms with Gasteiger partial charge in [-0.05, 0) is 24.5 Å². The van der Waals surface area contributed by atoms with Gasteiger partial charge in [0.15, 0.2) is 0 Å². The van der Waals surface area contributed by atoms with Gasteiger partial charge in [-0.3, -0.25) is 4.79 Å². The minimum atomic E-state index is -0.804. The smallest absolute Gasteiger partial charge is 0.310 e. The largest absolute Gasteiger partial charge is 0.493 e. The molecule has 0 aromatic heterocycles. The summed E-state index contributed by atoms with van der Waals surface area (Å²) in [6, 6.07) is 5.58. The molecule has 2 rings (SSSR count). The van der Waals surface area contributed by atoms with Crippen LogP contribution in [0.1, 0.15) is 18.9 Å². The fourth-order valence-electron chi connectivity index (χ4n) is 1.82. The van der Waals surface area contributed by atoms with E-state index in [9.17, 15) is 4.79 Å². The zero-order valence-corrected chi connectivity index (χ0v) is 9.81. The Balaban J connectivity index is 2.11. The van der Waals surface area contributed by atoms with Gasteiger partial charge in [0, 0.05) is 6.07 Å². The molecule has 0 bridgehead atoms. The number of carbonyl (C=O) groups is 1. The third-order valence-electron chi connectivity index (χ3n) is 2.77. The molecule has 4 nitrogen and oxygen atoms in total. The second kappa shape index (κ2) is 5.08. The van der Waals surface area contributed by atoms with Crippen LogP contribution in [0.3, 0.4) is 0 Å². The van der Waals surface area contributed by atoms with Crippen molar-refractivity contribution in [2.75, 3.05) is 13.2 Å². The van der Waals surface area contributed by atoms with Crippen molar-refractivity contribution in [1.29, 1.82) is 0 Å². The molecule has 1 atom stereocenters. The van der Waals surface area contributed by atoms with Gasteiger partial charge in [0.2, 0.25) is 0 Å². The SMILES string of the molecule is CCCOc1ccc2c(c1)OCC(C(=O)O)C2. The van der Waals surface area contributed by atoms with Crippen molar-refractivity contribution >= 4 is 5.97 Å². The molecule has 17 heavy (non-hydrogen) atoms. The number of benzene rings is 1. The molecule has 0 spiro atoms. The fraction of sp³-hybridized carbons (Fsp3) is 0.462. The number of hydrogen-bond donors (Lipinski definition) is 1. The van der Waals surface area contributed by atoms with E-state index < -0.39 is 11.9 Å². The monoisotopic (exact) mass is 236 g/mol. The zero-order chi connectivity index (χ0) is 12.3. The van der Waals surface area contributed by atoms with Gasteiger partial charge in [-0.15, -0.1) is 0 Å². The predicted octanol–water partition coefficient (Wildman–Crippen LogP) is 2.11. The molecule has 1 aromatic rings. The van der Waals surface area contributed by atoms with Gasteiger partial charge in [0.05, 0.1) is 12.5 Å². The summed E-state index contributed by atoms with van der Waals surface area (Å²) in [5.41, 5.74) is 0.937. The summed E-state index contributed by atoms with van der Waals surface area (Å²) in [5.74, 6) is 0.280. The Bertz CT molecular complexity index is 414. The molecule has 1 aliphatic rings. The molecule has 1 unspecified atom stereocenters. The van der Waals surface area contributed by atoms with Crippen molar-refractivity contribution in [2.24, 2.45) is 5.92 Å². The highest BCUT2D eigenvalue weighted by Crippen LogP contribution is 2.31. The summed E-state index contributed by atoms with van der Waals surface area (Å²) in [7, 11) is 0. The maximum Gasteiger partial charge on any atom is 0.310 e. The van der Waals surface area contributed by atoms with Crippen LogP contribution in [0.25, 0.3) is 0 Å². The van der Waals surface area contributed by atoms with Gasteiger partial charge in [0.25, 0.3) is 0 Å². The van der Waals surface area contributed by atoms with E-state index in [1.165, 1.54) is 0 Å². The Kier molecular flexibility index (Phi) is 3.52. The molecule has 0 fully saturated rings. The van der Waals surface area contributed by atoms with Crippen LogP contribution in [-0.4, -0.2) is 24.3 Å². The quantitative estimate of drug-likeness (QED) is 0.869. The van der Waals surface area contributed by atoms with E-state index in [4.69, 9.17) is 14.6 Å². The lowest BCUT2D eigenvalue weighted by Crippen LogP contribution is -2.27. The van der Waals surface area contributed by atoms with E-state index in [1.807, 2.05) is 25.1 Å². The minimum absolute atomic E-state index is 0.236. The number of ether oxygens (including phenoxy) is 2. The normalized spacial score (nSPS) is 18.1. The Morgan fingerprint density at radius 3 is 3.12 bits per heavy atom.